The number of hydrogen-bond donors (Lipinski definition) is 1. The van der Waals surface area contributed by atoms with Gasteiger partial charge in [0.2, 0.25) is 0 Å². The molecule has 0 saturated carbocycles. The van der Waals surface area contributed by atoms with Crippen LogP contribution in [0.25, 0.3) is 10.4 Å². The molecule has 0 atom stereocenters. The van der Waals surface area contributed by atoms with Crippen molar-refractivity contribution in [2.75, 3.05) is 6.61 Å². The molecule has 1 N–H and O–H groups in total. The average Bonchev–Trinajstić information content (AvgIpc) is 2.49. The number of carbonyl (C=O) groups is 2. The van der Waals surface area contributed by atoms with E-state index in [1.165, 1.54) is 0 Å². The predicted molar refractivity (Wildman–Crippen MR) is 96.3 cm³/mol. The average molecular weight is 363 g/mol. The minimum Gasteiger partial charge on any atom is -0.481 e. The van der Waals surface area contributed by atoms with Crippen LogP contribution in [-0.2, 0) is 32.1 Å². The Hall–Kier alpha value is -2.57. The second kappa shape index (κ2) is 8.69. The van der Waals surface area contributed by atoms with E-state index in [1.54, 1.807) is 41.5 Å². The van der Waals surface area contributed by atoms with Crippen molar-refractivity contribution in [1.29, 1.82) is 0 Å². The maximum Gasteiger partial charge on any atom is 0.332 e. The fourth-order valence-electron chi connectivity index (χ4n) is 2.75. The lowest BCUT2D eigenvalue weighted by Gasteiger charge is -2.21. The standard InChI is InChI=1S/C18H25N3O5/c1-10-13(7-15(22)23)11(2)17(20-21-19)12(3)14(10)8-25-9-16(24)26-18(4,5)6/h7-9H2,1-6H3,(H,22,23). The van der Waals surface area contributed by atoms with Crippen LogP contribution in [0.15, 0.2) is 5.11 Å². The van der Waals surface area contributed by atoms with Gasteiger partial charge in [0.15, 0.2) is 0 Å². The highest BCUT2D eigenvalue weighted by atomic mass is 16.6. The van der Waals surface area contributed by atoms with E-state index in [2.05, 4.69) is 10.0 Å². The van der Waals surface area contributed by atoms with Gasteiger partial charge in [-0.1, -0.05) is 5.11 Å². The van der Waals surface area contributed by atoms with E-state index >= 15 is 0 Å². The van der Waals surface area contributed by atoms with Gasteiger partial charge in [0.25, 0.3) is 0 Å². The van der Waals surface area contributed by atoms with Crippen LogP contribution >= 0.6 is 0 Å². The first kappa shape index (κ1) is 21.5. The summed E-state index contributed by atoms with van der Waals surface area (Å²) < 4.78 is 10.7. The topological polar surface area (TPSA) is 122 Å². The molecule has 0 aliphatic rings. The number of carboxylic acid groups (broad SMARTS) is 1. The second-order valence-electron chi connectivity index (χ2n) is 7.02. The first-order valence-corrected chi connectivity index (χ1v) is 8.16. The van der Waals surface area contributed by atoms with Crippen molar-refractivity contribution >= 4 is 17.6 Å². The first-order valence-electron chi connectivity index (χ1n) is 8.16. The number of esters is 1. The molecule has 26 heavy (non-hydrogen) atoms. The van der Waals surface area contributed by atoms with Gasteiger partial charge in [-0.2, -0.15) is 0 Å². The van der Waals surface area contributed by atoms with Gasteiger partial charge in [0.05, 0.1) is 13.0 Å². The Bertz CT molecular complexity index is 759. The molecular formula is C18H25N3O5. The van der Waals surface area contributed by atoms with Gasteiger partial charge in [-0.25, -0.2) is 4.79 Å². The van der Waals surface area contributed by atoms with Gasteiger partial charge in [-0.3, -0.25) is 4.79 Å². The lowest BCUT2D eigenvalue weighted by molar-refractivity contribution is -0.160. The maximum absolute atomic E-state index is 11.8. The highest BCUT2D eigenvalue weighted by Crippen LogP contribution is 2.34. The Labute approximate surface area is 152 Å². The van der Waals surface area contributed by atoms with Crippen molar-refractivity contribution in [3.63, 3.8) is 0 Å². The normalized spacial score (nSPS) is 11.0. The predicted octanol–water partition coefficient (Wildman–Crippen LogP) is 4.04. The molecule has 0 radical (unpaired) electrons. The third-order valence-corrected chi connectivity index (χ3v) is 3.88. The lowest BCUT2D eigenvalue weighted by atomic mass is 9.90. The molecule has 0 aliphatic heterocycles. The van der Waals surface area contributed by atoms with Crippen LogP contribution in [0, 0.1) is 20.8 Å². The van der Waals surface area contributed by atoms with E-state index in [4.69, 9.17) is 20.1 Å². The molecule has 0 fully saturated rings. The molecule has 0 saturated heterocycles. The van der Waals surface area contributed by atoms with Crippen molar-refractivity contribution in [3.8, 4) is 0 Å². The fourth-order valence-corrected chi connectivity index (χ4v) is 2.75. The minimum atomic E-state index is -0.979. The van der Waals surface area contributed by atoms with Gasteiger partial charge in [0.1, 0.15) is 12.2 Å². The zero-order valence-electron chi connectivity index (χ0n) is 16.0. The van der Waals surface area contributed by atoms with Crippen molar-refractivity contribution < 1.29 is 24.2 Å². The molecule has 8 heteroatoms. The molecule has 142 valence electrons. The van der Waals surface area contributed by atoms with Crippen LogP contribution in [0.3, 0.4) is 0 Å². The zero-order valence-corrected chi connectivity index (χ0v) is 16.0. The fraction of sp³-hybridized carbons (Fsp3) is 0.556. The number of carbonyl (C=O) groups excluding carboxylic acids is 1. The van der Waals surface area contributed by atoms with E-state index < -0.39 is 17.5 Å². The van der Waals surface area contributed by atoms with Crippen molar-refractivity contribution in [3.05, 3.63) is 38.3 Å². The molecule has 1 aromatic rings. The van der Waals surface area contributed by atoms with E-state index in [0.717, 1.165) is 5.56 Å². The van der Waals surface area contributed by atoms with Crippen LogP contribution in [0.4, 0.5) is 5.69 Å². The van der Waals surface area contributed by atoms with Crippen LogP contribution in [-0.4, -0.2) is 29.3 Å². The molecule has 0 amide bonds. The van der Waals surface area contributed by atoms with E-state index in [1.807, 2.05) is 0 Å². The largest absolute Gasteiger partial charge is 0.481 e. The smallest absolute Gasteiger partial charge is 0.332 e. The number of hydrogen-bond acceptors (Lipinski definition) is 5. The Morgan fingerprint density at radius 1 is 1.12 bits per heavy atom. The summed E-state index contributed by atoms with van der Waals surface area (Å²) in [6, 6.07) is 0. The van der Waals surface area contributed by atoms with Gasteiger partial charge >= 0.3 is 11.9 Å². The molecule has 0 bridgehead atoms. The van der Waals surface area contributed by atoms with Crippen LogP contribution < -0.4 is 0 Å². The van der Waals surface area contributed by atoms with Crippen LogP contribution in [0.1, 0.15) is 48.6 Å². The molecule has 0 unspecified atom stereocenters. The molecule has 0 aliphatic carbocycles. The van der Waals surface area contributed by atoms with Crippen molar-refractivity contribution in [2.24, 2.45) is 5.11 Å². The highest BCUT2D eigenvalue weighted by Gasteiger charge is 2.20. The number of aliphatic carboxylic acids is 1. The molecule has 8 nitrogen and oxygen atoms in total. The number of carboxylic acids is 1. The third kappa shape index (κ3) is 5.75. The van der Waals surface area contributed by atoms with E-state index in [9.17, 15) is 9.59 Å². The third-order valence-electron chi connectivity index (χ3n) is 3.88. The summed E-state index contributed by atoms with van der Waals surface area (Å²) in [5, 5.41) is 12.9. The molecule has 0 aromatic heterocycles. The van der Waals surface area contributed by atoms with Crippen molar-refractivity contribution in [1.82, 2.24) is 0 Å². The number of benzene rings is 1. The summed E-state index contributed by atoms with van der Waals surface area (Å²) in [4.78, 5) is 25.8. The Morgan fingerprint density at radius 3 is 2.19 bits per heavy atom. The zero-order chi connectivity index (χ0) is 20.1. The Morgan fingerprint density at radius 2 is 1.69 bits per heavy atom. The van der Waals surface area contributed by atoms with Gasteiger partial charge in [-0.05, 0) is 74.9 Å². The number of nitrogens with zero attached hydrogens (tertiary/aromatic N) is 3. The van der Waals surface area contributed by atoms with Crippen molar-refractivity contribution in [2.45, 2.75) is 60.2 Å². The highest BCUT2D eigenvalue weighted by molar-refractivity contribution is 5.74. The lowest BCUT2D eigenvalue weighted by Crippen LogP contribution is -2.26. The SMILES string of the molecule is Cc1c(COCC(=O)OC(C)(C)C)c(C)c(N=[N+]=[N-])c(C)c1CC(=O)O. The summed E-state index contributed by atoms with van der Waals surface area (Å²) >= 11 is 0. The summed E-state index contributed by atoms with van der Waals surface area (Å²) in [6.07, 6.45) is -0.190. The molecule has 1 rings (SSSR count). The van der Waals surface area contributed by atoms with Crippen LogP contribution in [0.2, 0.25) is 0 Å². The summed E-state index contributed by atoms with van der Waals surface area (Å²) in [5.41, 5.74) is 12.0. The summed E-state index contributed by atoms with van der Waals surface area (Å²) in [6.45, 7) is 10.5. The Balaban J connectivity index is 3.13. The van der Waals surface area contributed by atoms with Gasteiger partial charge in [0, 0.05) is 10.6 Å². The van der Waals surface area contributed by atoms with E-state index in [0.29, 0.717) is 27.9 Å². The molecule has 0 heterocycles. The number of azide groups is 1. The minimum absolute atomic E-state index is 0.0811. The summed E-state index contributed by atoms with van der Waals surface area (Å²) in [5.74, 6) is -1.46. The quantitative estimate of drug-likeness (QED) is 0.339. The van der Waals surface area contributed by atoms with Gasteiger partial charge < -0.3 is 14.6 Å². The molecule has 0 spiro atoms. The van der Waals surface area contributed by atoms with Gasteiger partial charge in [-0.15, -0.1) is 0 Å². The monoisotopic (exact) mass is 363 g/mol. The maximum atomic E-state index is 11.8. The Kier molecular flexibility index (Phi) is 7.18. The van der Waals surface area contributed by atoms with Crippen LogP contribution in [0.5, 0.6) is 0 Å². The number of rotatable bonds is 7. The molecule has 1 aromatic carbocycles. The summed E-state index contributed by atoms with van der Waals surface area (Å²) in [7, 11) is 0. The molecular weight excluding hydrogens is 338 g/mol. The number of ether oxygens (including phenoxy) is 2. The second-order valence-corrected chi connectivity index (χ2v) is 7.02. The first-order chi connectivity index (χ1) is 12.0. The van der Waals surface area contributed by atoms with E-state index in [-0.39, 0.29) is 19.6 Å².